The Morgan fingerprint density at radius 3 is 1.31 bits per heavy atom. The second-order valence-corrected chi connectivity index (χ2v) is 26.5. The number of benzene rings is 4. The molecule has 0 unspecified atom stereocenters. The number of nitrogens with zero attached hydrogens (tertiary/aromatic N) is 6. The van der Waals surface area contributed by atoms with Gasteiger partial charge in [-0.2, -0.15) is 10.5 Å². The molecule has 458 valence electrons. The number of carbonyl (C=O) groups is 4. The third-order valence-corrected chi connectivity index (χ3v) is 20.1. The van der Waals surface area contributed by atoms with Gasteiger partial charge in [0.15, 0.2) is 0 Å². The molecule has 2 aliphatic carbocycles. The highest BCUT2D eigenvalue weighted by molar-refractivity contribution is 7.89. The molecule has 6 amide bonds. The zero-order valence-corrected chi connectivity index (χ0v) is 50.4. The lowest BCUT2D eigenvalue weighted by Crippen LogP contribution is -2.50. The molecule has 4 saturated heterocycles. The summed E-state index contributed by atoms with van der Waals surface area (Å²) in [5.41, 5.74) is 4.54. The van der Waals surface area contributed by atoms with Gasteiger partial charge in [-0.05, 0) is 134 Å². The van der Waals surface area contributed by atoms with Crippen LogP contribution < -0.4 is 50.8 Å². The number of halogens is 2. The average Bonchev–Trinajstić information content (AvgIpc) is 1.83. The zero-order chi connectivity index (χ0) is 60.5. The highest BCUT2D eigenvalue weighted by Crippen LogP contribution is 2.43. The molecular formula is C58H70Cl2N14O10S2. The molecule has 10 rings (SSSR count). The van der Waals surface area contributed by atoms with E-state index in [1.807, 2.05) is 12.1 Å². The number of likely N-dealkylation sites (tertiary alicyclic amines) is 2. The van der Waals surface area contributed by atoms with Crippen molar-refractivity contribution >= 4 is 67.1 Å². The van der Waals surface area contributed by atoms with Crippen LogP contribution in [0.4, 0.5) is 9.59 Å². The number of carbonyl (C=O) groups excluding carboxylic acids is 4. The lowest BCUT2D eigenvalue weighted by atomic mass is 10.0. The number of ether oxygens (including phenoxy) is 2. The number of sulfonamides is 2. The van der Waals surface area contributed by atoms with Gasteiger partial charge in [-0.1, -0.05) is 23.2 Å². The van der Waals surface area contributed by atoms with Crippen LogP contribution in [0.1, 0.15) is 71.3 Å². The second kappa shape index (κ2) is 27.9. The minimum absolute atomic E-state index is 0.0315. The monoisotopic (exact) mass is 1260 g/mol. The van der Waals surface area contributed by atoms with E-state index in [-0.39, 0.29) is 73.0 Å². The van der Waals surface area contributed by atoms with E-state index in [1.165, 1.54) is 34.1 Å². The van der Waals surface area contributed by atoms with Gasteiger partial charge in [0.1, 0.15) is 23.7 Å². The highest BCUT2D eigenvalue weighted by Gasteiger charge is 2.42. The van der Waals surface area contributed by atoms with Crippen LogP contribution in [0.15, 0.2) is 82.6 Å². The third-order valence-electron chi connectivity index (χ3n) is 16.6. The van der Waals surface area contributed by atoms with Gasteiger partial charge in [0, 0.05) is 114 Å². The predicted molar refractivity (Wildman–Crippen MR) is 318 cm³/mol. The van der Waals surface area contributed by atoms with Crippen molar-refractivity contribution in [2.75, 3.05) is 105 Å². The summed E-state index contributed by atoms with van der Waals surface area (Å²) < 4.78 is 72.5. The van der Waals surface area contributed by atoms with Crippen molar-refractivity contribution in [3.63, 3.8) is 0 Å². The predicted octanol–water partition coefficient (Wildman–Crippen LogP) is 2.47. The fourth-order valence-electron chi connectivity index (χ4n) is 12.2. The quantitative estimate of drug-likeness (QED) is 0.0556. The first-order valence-electron chi connectivity index (χ1n) is 29.0. The molecule has 8 N–H and O–H groups in total. The zero-order valence-electron chi connectivity index (χ0n) is 47.3. The number of nitriles is 2. The lowest BCUT2D eigenvalue weighted by Gasteiger charge is -2.36. The van der Waals surface area contributed by atoms with Crippen LogP contribution in [0.2, 0.25) is 10.0 Å². The summed E-state index contributed by atoms with van der Waals surface area (Å²) in [4.78, 5) is 58.8. The minimum Gasteiger partial charge on any atom is -0.484 e. The molecule has 4 fully saturated rings. The summed E-state index contributed by atoms with van der Waals surface area (Å²) in [5.74, 6) is 0.184. The van der Waals surface area contributed by atoms with Crippen LogP contribution in [-0.4, -0.2) is 189 Å². The fraction of sp³-hybridized carbons (Fsp3) is 0.483. The average molecular weight is 1260 g/mol. The lowest BCUT2D eigenvalue weighted by molar-refractivity contribution is -0.129. The number of unbranched alkanes of at least 4 members (excludes halogenated alkanes) is 1. The molecule has 4 aromatic carbocycles. The fourth-order valence-corrected chi connectivity index (χ4v) is 15.2. The molecule has 24 nitrogen and oxygen atoms in total. The molecule has 4 heterocycles. The van der Waals surface area contributed by atoms with Crippen molar-refractivity contribution in [3.05, 3.63) is 116 Å². The number of piperazine rings is 2. The van der Waals surface area contributed by atoms with Crippen molar-refractivity contribution in [1.29, 1.82) is 10.5 Å². The van der Waals surface area contributed by atoms with E-state index in [1.54, 1.807) is 36.4 Å². The van der Waals surface area contributed by atoms with Crippen LogP contribution in [0, 0.1) is 22.7 Å². The number of rotatable bonds is 21. The molecule has 6 atom stereocenters. The summed E-state index contributed by atoms with van der Waals surface area (Å²) in [6.07, 6.45) is 2.15. The van der Waals surface area contributed by atoms with Gasteiger partial charge in [-0.25, -0.2) is 35.9 Å². The van der Waals surface area contributed by atoms with Crippen LogP contribution in [0.3, 0.4) is 0 Å². The first-order chi connectivity index (χ1) is 41.4. The van der Waals surface area contributed by atoms with Gasteiger partial charge < -0.3 is 51.2 Å². The first-order valence-corrected chi connectivity index (χ1v) is 32.7. The van der Waals surface area contributed by atoms with Crippen LogP contribution in [0.25, 0.3) is 0 Å². The molecule has 4 aromatic rings. The molecule has 0 saturated carbocycles. The minimum atomic E-state index is -3.97. The van der Waals surface area contributed by atoms with Crippen molar-refractivity contribution in [2.45, 2.75) is 84.7 Å². The normalized spacial score (nSPS) is 22.3. The smallest absolute Gasteiger partial charge is 0.315 e. The maximum absolute atomic E-state index is 13.5. The SMILES string of the molecule is N#Cc1cc(Cl)cc2c1C[C@H](N1CCNCC1)[C@H]2Oc1ccc(S(=O)(=O)N[C@H]2CCN(C(=O)CNC(=O)NCCCCNC(=O)NCC(=O)N3CC[C@H](NS(=O)(=O)c4ccc(O[C@H]5c6cc(Cl)cc(C#N)c6C[C@@H]5N5CCNCC5)cc4)C3)C2)cc1. The Morgan fingerprint density at radius 2 is 0.942 bits per heavy atom. The standard InChI is InChI=1S/C58H70Cl2N14O10S2/c59-39-25-37(31-61)47-29-51(71-21-15-63-16-22-71)55(49(47)27-39)83-43-3-7-45(8-4-43)85(79,80)69-41-11-19-73(35-41)53(75)33-67-57(77)65-13-1-2-14-66-58(78)68-34-54(76)74-20-12-42(36-74)70-86(81,82)46-9-5-44(6-10-46)84-56-50-28-40(60)26-38(32-62)48(50)30-52(56)72-23-17-64-18-24-72/h3-10,25-28,41-42,51-52,55-56,63-64,69-70H,1-2,11-24,29-30,33-36H2,(H2,65,67,77)(H2,66,68,78)/t41-,42-,51-,52-,55-,56-/m0/s1. The number of urea groups is 2. The van der Waals surface area contributed by atoms with E-state index in [0.29, 0.717) is 84.3 Å². The largest absolute Gasteiger partial charge is 0.484 e. The Morgan fingerprint density at radius 1 is 0.558 bits per heavy atom. The first kappa shape index (κ1) is 62.2. The van der Waals surface area contributed by atoms with Gasteiger partial charge in [0.05, 0.1) is 58.2 Å². The Labute approximate surface area is 510 Å². The van der Waals surface area contributed by atoms with Gasteiger partial charge in [0.25, 0.3) is 0 Å². The third kappa shape index (κ3) is 15.1. The van der Waals surface area contributed by atoms with E-state index < -0.39 is 56.4 Å². The van der Waals surface area contributed by atoms with Crippen molar-refractivity contribution in [3.8, 4) is 23.6 Å². The van der Waals surface area contributed by atoms with E-state index >= 15 is 0 Å². The van der Waals surface area contributed by atoms with Gasteiger partial charge in [-0.3, -0.25) is 19.4 Å². The Bertz CT molecular complexity index is 3240. The van der Waals surface area contributed by atoms with Crippen molar-refractivity contribution in [2.24, 2.45) is 0 Å². The molecule has 0 radical (unpaired) electrons. The van der Waals surface area contributed by atoms with E-state index in [0.717, 1.165) is 74.6 Å². The molecule has 4 aliphatic heterocycles. The second-order valence-electron chi connectivity index (χ2n) is 22.2. The highest BCUT2D eigenvalue weighted by atomic mass is 35.5. The number of nitrogens with one attached hydrogen (secondary N) is 8. The van der Waals surface area contributed by atoms with Crippen LogP contribution >= 0.6 is 23.2 Å². The topological polar surface area (TPSA) is 312 Å². The maximum atomic E-state index is 13.5. The summed E-state index contributed by atoms with van der Waals surface area (Å²) in [5, 5.41) is 37.8. The van der Waals surface area contributed by atoms with E-state index in [4.69, 9.17) is 32.7 Å². The molecule has 28 heteroatoms. The number of hydrogen-bond donors (Lipinski definition) is 8. The molecule has 0 spiro atoms. The number of hydrogen-bond acceptors (Lipinski definition) is 16. The van der Waals surface area contributed by atoms with Gasteiger partial charge >= 0.3 is 12.1 Å². The van der Waals surface area contributed by atoms with Crippen LogP contribution in [0.5, 0.6) is 11.5 Å². The molecular weight excluding hydrogens is 1190 g/mol. The molecule has 0 bridgehead atoms. The van der Waals surface area contributed by atoms with Gasteiger partial charge in [0.2, 0.25) is 31.9 Å². The summed E-state index contributed by atoms with van der Waals surface area (Å²) >= 11 is 12.9. The molecule has 86 heavy (non-hydrogen) atoms. The Balaban J connectivity index is 0.582. The van der Waals surface area contributed by atoms with Crippen molar-refractivity contribution < 1.29 is 45.5 Å². The molecule has 0 aromatic heterocycles. The Hall–Kier alpha value is -6.82. The van der Waals surface area contributed by atoms with E-state index in [2.05, 4.69) is 63.3 Å². The summed E-state index contributed by atoms with van der Waals surface area (Å²) in [7, 11) is -7.94. The van der Waals surface area contributed by atoms with E-state index in [9.17, 15) is 46.5 Å². The maximum Gasteiger partial charge on any atom is 0.315 e. The van der Waals surface area contributed by atoms with Crippen LogP contribution in [-0.2, 0) is 42.5 Å². The van der Waals surface area contributed by atoms with Crippen molar-refractivity contribution in [1.82, 2.24) is 60.9 Å². The Kier molecular flexibility index (Phi) is 20.2. The molecule has 6 aliphatic rings. The summed E-state index contributed by atoms with van der Waals surface area (Å²) in [6.45, 7) is 7.34. The number of amides is 6. The summed E-state index contributed by atoms with van der Waals surface area (Å²) in [6, 6.07) is 21.6. The van der Waals surface area contributed by atoms with Gasteiger partial charge in [-0.15, -0.1) is 0 Å². The number of fused-ring (bicyclic) bond motifs is 2.